The highest BCUT2D eigenvalue weighted by atomic mass is 14.5. The van der Waals surface area contributed by atoms with Crippen molar-refractivity contribution in [3.63, 3.8) is 0 Å². The van der Waals surface area contributed by atoms with Gasteiger partial charge in [0.2, 0.25) is 0 Å². The van der Waals surface area contributed by atoms with Crippen LogP contribution in [0, 0.1) is 46.3 Å². The molecule has 1 nitrogen and oxygen atoms in total. The van der Waals surface area contributed by atoms with Gasteiger partial charge in [0.1, 0.15) is 0 Å². The Morgan fingerprint density at radius 3 is 1.38 bits per heavy atom. The zero-order valence-electron chi connectivity index (χ0n) is 17.1. The SMILES string of the molecule is N#CC1(C2CCC(C3CCCCC3)CC2)CCC(C2CCCCC2)CC1. The molecule has 4 saturated carbocycles. The molecule has 4 rings (SSSR count). The third-order valence-electron chi connectivity index (χ3n) is 9.33. The van der Waals surface area contributed by atoms with E-state index in [-0.39, 0.29) is 5.41 Å². The van der Waals surface area contributed by atoms with Crippen LogP contribution in [0.4, 0.5) is 0 Å². The smallest absolute Gasteiger partial charge is 0.0692 e. The summed E-state index contributed by atoms with van der Waals surface area (Å²) in [6, 6.07) is 2.90. The molecule has 0 aromatic heterocycles. The predicted molar refractivity (Wildman–Crippen MR) is 109 cm³/mol. The normalized spacial score (nSPS) is 40.8. The van der Waals surface area contributed by atoms with Crippen LogP contribution >= 0.6 is 0 Å². The lowest BCUT2D eigenvalue weighted by Crippen LogP contribution is -2.38. The Balaban J connectivity index is 1.30. The second-order valence-corrected chi connectivity index (χ2v) is 10.5. The van der Waals surface area contributed by atoms with Crippen molar-refractivity contribution in [2.45, 2.75) is 116 Å². The van der Waals surface area contributed by atoms with Crippen molar-refractivity contribution in [3.05, 3.63) is 0 Å². The van der Waals surface area contributed by atoms with E-state index in [0.29, 0.717) is 0 Å². The van der Waals surface area contributed by atoms with Gasteiger partial charge >= 0.3 is 0 Å². The molecule has 0 unspecified atom stereocenters. The van der Waals surface area contributed by atoms with E-state index in [1.807, 2.05) is 0 Å². The van der Waals surface area contributed by atoms with Crippen LogP contribution in [-0.4, -0.2) is 0 Å². The summed E-state index contributed by atoms with van der Waals surface area (Å²) in [6.45, 7) is 0. The van der Waals surface area contributed by atoms with E-state index < -0.39 is 0 Å². The van der Waals surface area contributed by atoms with Gasteiger partial charge in [-0.15, -0.1) is 0 Å². The Morgan fingerprint density at radius 2 is 0.923 bits per heavy atom. The zero-order valence-corrected chi connectivity index (χ0v) is 17.1. The first-order valence-corrected chi connectivity index (χ1v) is 12.2. The molecule has 0 atom stereocenters. The molecule has 4 aliphatic carbocycles. The fourth-order valence-electron chi connectivity index (χ4n) is 7.59. The zero-order chi connectivity index (χ0) is 17.8. The third-order valence-corrected chi connectivity index (χ3v) is 9.33. The Bertz CT molecular complexity index is 461. The minimum absolute atomic E-state index is 0.0582. The molecule has 0 amide bonds. The van der Waals surface area contributed by atoms with Crippen LogP contribution in [0.25, 0.3) is 0 Å². The van der Waals surface area contributed by atoms with Crippen LogP contribution in [0.5, 0.6) is 0 Å². The topological polar surface area (TPSA) is 23.8 Å². The van der Waals surface area contributed by atoms with E-state index in [9.17, 15) is 5.26 Å². The Labute approximate surface area is 162 Å². The minimum atomic E-state index is 0.0582. The summed E-state index contributed by atoms with van der Waals surface area (Å²) >= 11 is 0. The summed E-state index contributed by atoms with van der Waals surface area (Å²) < 4.78 is 0. The number of rotatable bonds is 3. The molecule has 0 saturated heterocycles. The van der Waals surface area contributed by atoms with Crippen molar-refractivity contribution in [2.75, 3.05) is 0 Å². The standard InChI is InChI=1S/C25H41N/c26-19-25(17-15-23(16-18-25)21-9-5-2-6-10-21)24-13-11-22(12-14-24)20-7-3-1-4-8-20/h20-24H,1-18H2. The number of nitrogens with zero attached hydrogens (tertiary/aromatic N) is 1. The van der Waals surface area contributed by atoms with E-state index in [1.54, 1.807) is 0 Å². The van der Waals surface area contributed by atoms with Crippen molar-refractivity contribution < 1.29 is 0 Å². The van der Waals surface area contributed by atoms with E-state index in [2.05, 4.69) is 6.07 Å². The molecule has 0 radical (unpaired) electrons. The van der Waals surface area contributed by atoms with E-state index in [1.165, 1.54) is 116 Å². The van der Waals surface area contributed by atoms with Crippen molar-refractivity contribution >= 4 is 0 Å². The molecule has 0 N–H and O–H groups in total. The molecule has 0 aromatic carbocycles. The summed E-state index contributed by atoms with van der Waals surface area (Å²) in [4.78, 5) is 0. The molecule has 0 aliphatic heterocycles. The summed E-state index contributed by atoms with van der Waals surface area (Å²) in [5, 5.41) is 10.2. The highest BCUT2D eigenvalue weighted by Gasteiger charge is 2.45. The predicted octanol–water partition coefficient (Wildman–Crippen LogP) is 7.65. The molecule has 146 valence electrons. The lowest BCUT2D eigenvalue weighted by Gasteiger charge is -2.46. The van der Waals surface area contributed by atoms with Crippen LogP contribution in [-0.2, 0) is 0 Å². The highest BCUT2D eigenvalue weighted by molar-refractivity contribution is 5.07. The fourth-order valence-corrected chi connectivity index (χ4v) is 7.59. The average molecular weight is 356 g/mol. The first-order valence-electron chi connectivity index (χ1n) is 12.2. The van der Waals surface area contributed by atoms with Gasteiger partial charge in [0.25, 0.3) is 0 Å². The number of hydrogen-bond acceptors (Lipinski definition) is 1. The van der Waals surface area contributed by atoms with Gasteiger partial charge in [-0.2, -0.15) is 5.26 Å². The highest BCUT2D eigenvalue weighted by Crippen LogP contribution is 2.53. The number of hydrogen-bond donors (Lipinski definition) is 0. The summed E-state index contributed by atoms with van der Waals surface area (Å²) in [5.41, 5.74) is 0.0582. The molecule has 0 heterocycles. The van der Waals surface area contributed by atoms with Gasteiger partial charge in [0, 0.05) is 0 Å². The van der Waals surface area contributed by atoms with Gasteiger partial charge in [0.15, 0.2) is 0 Å². The maximum atomic E-state index is 10.2. The first kappa shape index (κ1) is 18.8. The lowest BCUT2D eigenvalue weighted by atomic mass is 9.57. The maximum absolute atomic E-state index is 10.2. The third kappa shape index (κ3) is 4.00. The minimum Gasteiger partial charge on any atom is -0.198 e. The van der Waals surface area contributed by atoms with Gasteiger partial charge in [-0.25, -0.2) is 0 Å². The lowest BCUT2D eigenvalue weighted by molar-refractivity contribution is 0.0539. The van der Waals surface area contributed by atoms with Gasteiger partial charge in [-0.05, 0) is 81.0 Å². The van der Waals surface area contributed by atoms with Gasteiger partial charge in [-0.1, -0.05) is 64.2 Å². The second kappa shape index (κ2) is 8.67. The molecule has 0 bridgehead atoms. The molecule has 0 aromatic rings. The van der Waals surface area contributed by atoms with Gasteiger partial charge < -0.3 is 0 Å². The summed E-state index contributed by atoms with van der Waals surface area (Å²) in [6.07, 6.45) is 25.6. The molecule has 1 heteroatoms. The molecule has 4 aliphatic rings. The number of nitriles is 1. The largest absolute Gasteiger partial charge is 0.198 e. The summed E-state index contributed by atoms with van der Waals surface area (Å²) in [7, 11) is 0. The van der Waals surface area contributed by atoms with Crippen LogP contribution in [0.3, 0.4) is 0 Å². The second-order valence-electron chi connectivity index (χ2n) is 10.5. The molecular weight excluding hydrogens is 314 g/mol. The first-order chi connectivity index (χ1) is 12.8. The van der Waals surface area contributed by atoms with Crippen LogP contribution in [0.1, 0.15) is 116 Å². The van der Waals surface area contributed by atoms with Crippen molar-refractivity contribution in [2.24, 2.45) is 35.0 Å². The average Bonchev–Trinajstić information content (AvgIpc) is 2.75. The molecule has 4 fully saturated rings. The fraction of sp³-hybridized carbons (Fsp3) is 0.960. The van der Waals surface area contributed by atoms with Crippen molar-refractivity contribution in [3.8, 4) is 6.07 Å². The van der Waals surface area contributed by atoms with Crippen LogP contribution in [0.2, 0.25) is 0 Å². The van der Waals surface area contributed by atoms with Crippen LogP contribution < -0.4 is 0 Å². The Kier molecular flexibility index (Phi) is 6.28. The van der Waals surface area contributed by atoms with E-state index >= 15 is 0 Å². The molecular formula is C25H41N. The van der Waals surface area contributed by atoms with Crippen molar-refractivity contribution in [1.29, 1.82) is 5.26 Å². The van der Waals surface area contributed by atoms with E-state index in [4.69, 9.17) is 0 Å². The summed E-state index contributed by atoms with van der Waals surface area (Å²) in [5.74, 6) is 4.71. The van der Waals surface area contributed by atoms with Crippen molar-refractivity contribution in [1.82, 2.24) is 0 Å². The van der Waals surface area contributed by atoms with Gasteiger partial charge in [-0.3, -0.25) is 0 Å². The Morgan fingerprint density at radius 1 is 0.500 bits per heavy atom. The maximum Gasteiger partial charge on any atom is 0.0692 e. The van der Waals surface area contributed by atoms with E-state index in [0.717, 1.165) is 29.6 Å². The van der Waals surface area contributed by atoms with Gasteiger partial charge in [0.05, 0.1) is 11.5 Å². The Hall–Kier alpha value is -0.510. The quantitative estimate of drug-likeness (QED) is 0.510. The molecule has 26 heavy (non-hydrogen) atoms. The monoisotopic (exact) mass is 355 g/mol. The van der Waals surface area contributed by atoms with Crippen LogP contribution in [0.15, 0.2) is 0 Å². The molecule has 0 spiro atoms.